The van der Waals surface area contributed by atoms with Crippen molar-refractivity contribution < 1.29 is 13.2 Å². The zero-order valence-electron chi connectivity index (χ0n) is 17.6. The van der Waals surface area contributed by atoms with Crippen LogP contribution in [0.15, 0.2) is 103 Å². The second-order valence-corrected chi connectivity index (χ2v) is 7.76. The van der Waals surface area contributed by atoms with Gasteiger partial charge < -0.3 is 5.32 Å². The van der Waals surface area contributed by atoms with Crippen molar-refractivity contribution in [1.29, 1.82) is 0 Å². The van der Waals surface area contributed by atoms with Crippen LogP contribution < -0.4 is 5.32 Å². The molecule has 33 heavy (non-hydrogen) atoms. The van der Waals surface area contributed by atoms with Crippen LogP contribution in [0.5, 0.6) is 0 Å². The van der Waals surface area contributed by atoms with Gasteiger partial charge in [-0.2, -0.15) is 18.3 Å². The second-order valence-electron chi connectivity index (χ2n) is 7.76. The van der Waals surface area contributed by atoms with E-state index < -0.39 is 11.7 Å². The second kappa shape index (κ2) is 8.47. The first-order valence-corrected chi connectivity index (χ1v) is 10.5. The number of rotatable bonds is 5. The molecule has 3 nitrogen and oxygen atoms in total. The Balaban J connectivity index is 1.66. The van der Waals surface area contributed by atoms with Crippen molar-refractivity contribution in [2.24, 2.45) is 0 Å². The zero-order chi connectivity index (χ0) is 22.8. The summed E-state index contributed by atoms with van der Waals surface area (Å²) in [6, 6.07) is 31.2. The van der Waals surface area contributed by atoms with Crippen LogP contribution in [0, 0.1) is 0 Å². The first-order valence-electron chi connectivity index (χ1n) is 10.5. The van der Waals surface area contributed by atoms with Gasteiger partial charge in [0.15, 0.2) is 0 Å². The molecule has 0 bridgehead atoms. The van der Waals surface area contributed by atoms with E-state index in [2.05, 4.69) is 10.4 Å². The summed E-state index contributed by atoms with van der Waals surface area (Å²) in [4.78, 5) is 0. The lowest BCUT2D eigenvalue weighted by Gasteiger charge is -2.11. The number of nitrogens with one attached hydrogen (secondary N) is 1. The molecule has 1 heterocycles. The summed E-state index contributed by atoms with van der Waals surface area (Å²) in [5, 5.41) is 8.26. The maximum absolute atomic E-state index is 13.7. The maximum Gasteiger partial charge on any atom is 0.418 e. The summed E-state index contributed by atoms with van der Waals surface area (Å²) >= 11 is 0. The number of aromatic nitrogens is 2. The molecule has 0 aliphatic carbocycles. The zero-order valence-corrected chi connectivity index (χ0v) is 17.6. The number of anilines is 2. The number of hydrogen-bond donors (Lipinski definition) is 1. The molecule has 0 amide bonds. The van der Waals surface area contributed by atoms with Gasteiger partial charge in [-0.3, -0.25) is 4.68 Å². The fourth-order valence-electron chi connectivity index (χ4n) is 3.99. The summed E-state index contributed by atoms with van der Waals surface area (Å²) < 4.78 is 42.9. The van der Waals surface area contributed by atoms with Crippen molar-refractivity contribution in [2.75, 3.05) is 5.32 Å². The van der Waals surface area contributed by atoms with Crippen LogP contribution in [-0.2, 0) is 12.7 Å². The fourth-order valence-corrected chi connectivity index (χ4v) is 3.99. The predicted octanol–water partition coefficient (Wildman–Crippen LogP) is 7.51. The van der Waals surface area contributed by atoms with Crippen LogP contribution in [-0.4, -0.2) is 9.78 Å². The molecule has 5 aromatic rings. The van der Waals surface area contributed by atoms with Gasteiger partial charge in [0.05, 0.1) is 17.8 Å². The van der Waals surface area contributed by atoms with E-state index in [0.717, 1.165) is 28.6 Å². The Morgan fingerprint density at radius 2 is 1.39 bits per heavy atom. The van der Waals surface area contributed by atoms with Crippen LogP contribution in [0.3, 0.4) is 0 Å². The lowest BCUT2D eigenvalue weighted by molar-refractivity contribution is -0.136. The first-order chi connectivity index (χ1) is 16.0. The van der Waals surface area contributed by atoms with Gasteiger partial charge >= 0.3 is 6.18 Å². The normalized spacial score (nSPS) is 11.6. The average Bonchev–Trinajstić information content (AvgIpc) is 3.17. The highest BCUT2D eigenvalue weighted by Gasteiger charge is 2.34. The van der Waals surface area contributed by atoms with E-state index in [1.165, 1.54) is 6.07 Å². The quantitative estimate of drug-likeness (QED) is 0.305. The van der Waals surface area contributed by atoms with Crippen molar-refractivity contribution in [3.05, 3.63) is 114 Å². The minimum atomic E-state index is -4.49. The largest absolute Gasteiger partial charge is 0.418 e. The Morgan fingerprint density at radius 1 is 0.727 bits per heavy atom. The van der Waals surface area contributed by atoms with Gasteiger partial charge in [0.2, 0.25) is 0 Å². The third kappa shape index (κ3) is 4.32. The molecule has 5 rings (SSSR count). The average molecular weight is 443 g/mol. The highest BCUT2D eigenvalue weighted by Crippen LogP contribution is 2.38. The standard InChI is InChI=1S/C27H20F3N3/c28-27(29,30)24-16-8-15-23-25(24)32-33(18-19-9-3-1-4-10-19)26(23)20-11-7-14-22(17-20)31-21-12-5-2-6-13-21/h1-17,31H,18H2. The Labute approximate surface area is 189 Å². The SMILES string of the molecule is FC(F)(F)c1cccc2c(-c3cccc(Nc4ccccc4)c3)n(Cc3ccccc3)nc12. The lowest BCUT2D eigenvalue weighted by atomic mass is 10.0. The number of halogens is 3. The molecule has 6 heteroatoms. The van der Waals surface area contributed by atoms with E-state index in [0.29, 0.717) is 17.6 Å². The molecular weight excluding hydrogens is 423 g/mol. The topological polar surface area (TPSA) is 29.9 Å². The molecule has 0 saturated carbocycles. The van der Waals surface area contributed by atoms with Crippen LogP contribution in [0.1, 0.15) is 11.1 Å². The minimum Gasteiger partial charge on any atom is -0.356 e. The van der Waals surface area contributed by atoms with Crippen molar-refractivity contribution in [3.8, 4) is 11.3 Å². The van der Waals surface area contributed by atoms with Crippen molar-refractivity contribution in [1.82, 2.24) is 9.78 Å². The molecule has 0 aliphatic rings. The lowest BCUT2D eigenvalue weighted by Crippen LogP contribution is -2.06. The van der Waals surface area contributed by atoms with Crippen molar-refractivity contribution in [3.63, 3.8) is 0 Å². The molecule has 0 saturated heterocycles. The number of para-hydroxylation sites is 1. The Bertz CT molecular complexity index is 1390. The Kier molecular flexibility index (Phi) is 5.34. The summed E-state index contributed by atoms with van der Waals surface area (Å²) in [7, 11) is 0. The van der Waals surface area contributed by atoms with Gasteiger partial charge in [0, 0.05) is 22.3 Å². The van der Waals surface area contributed by atoms with Gasteiger partial charge in [-0.05, 0) is 35.9 Å². The molecule has 4 aromatic carbocycles. The maximum atomic E-state index is 13.7. The van der Waals surface area contributed by atoms with E-state index in [-0.39, 0.29) is 5.52 Å². The van der Waals surface area contributed by atoms with E-state index in [1.807, 2.05) is 84.9 Å². The van der Waals surface area contributed by atoms with E-state index >= 15 is 0 Å². The number of nitrogens with zero attached hydrogens (tertiary/aromatic N) is 2. The van der Waals surface area contributed by atoms with Gasteiger partial charge in [0.25, 0.3) is 0 Å². The highest BCUT2D eigenvalue weighted by molar-refractivity contribution is 5.96. The molecule has 0 radical (unpaired) electrons. The molecular formula is C27H20F3N3. The molecule has 164 valence electrons. The van der Waals surface area contributed by atoms with Gasteiger partial charge in [-0.15, -0.1) is 0 Å². The third-order valence-electron chi connectivity index (χ3n) is 5.45. The summed E-state index contributed by atoms with van der Waals surface area (Å²) in [5.74, 6) is 0. The molecule has 0 aliphatic heterocycles. The van der Waals surface area contributed by atoms with E-state index in [1.54, 1.807) is 10.7 Å². The monoisotopic (exact) mass is 443 g/mol. The van der Waals surface area contributed by atoms with Gasteiger partial charge in [-0.1, -0.05) is 72.8 Å². The molecule has 0 spiro atoms. The fraction of sp³-hybridized carbons (Fsp3) is 0.0741. The van der Waals surface area contributed by atoms with Crippen molar-refractivity contribution in [2.45, 2.75) is 12.7 Å². The molecule has 0 unspecified atom stereocenters. The van der Waals surface area contributed by atoms with Gasteiger partial charge in [-0.25, -0.2) is 0 Å². The molecule has 0 atom stereocenters. The smallest absolute Gasteiger partial charge is 0.356 e. The number of benzene rings is 4. The van der Waals surface area contributed by atoms with Crippen LogP contribution >= 0.6 is 0 Å². The van der Waals surface area contributed by atoms with Crippen LogP contribution in [0.25, 0.3) is 22.2 Å². The van der Waals surface area contributed by atoms with Crippen molar-refractivity contribution >= 4 is 22.3 Å². The summed E-state index contributed by atoms with van der Waals surface area (Å²) in [5.41, 5.74) is 3.39. The number of fused-ring (bicyclic) bond motifs is 1. The van der Waals surface area contributed by atoms with E-state index in [9.17, 15) is 13.2 Å². The number of hydrogen-bond acceptors (Lipinski definition) is 2. The first kappa shape index (κ1) is 20.8. The Hall–Kier alpha value is -4.06. The molecule has 0 fully saturated rings. The molecule has 1 N–H and O–H groups in total. The highest BCUT2D eigenvalue weighted by atomic mass is 19.4. The third-order valence-corrected chi connectivity index (χ3v) is 5.45. The Morgan fingerprint density at radius 3 is 2.12 bits per heavy atom. The molecule has 1 aromatic heterocycles. The van der Waals surface area contributed by atoms with E-state index in [4.69, 9.17) is 0 Å². The van der Waals surface area contributed by atoms with Gasteiger partial charge in [0.1, 0.15) is 5.52 Å². The number of alkyl halides is 3. The predicted molar refractivity (Wildman–Crippen MR) is 125 cm³/mol. The van der Waals surface area contributed by atoms with Crippen LogP contribution in [0.4, 0.5) is 24.5 Å². The summed E-state index contributed by atoms with van der Waals surface area (Å²) in [6.45, 7) is 0.360. The summed E-state index contributed by atoms with van der Waals surface area (Å²) in [6.07, 6.45) is -4.49. The minimum absolute atomic E-state index is 0.0441. The van der Waals surface area contributed by atoms with Crippen LogP contribution in [0.2, 0.25) is 0 Å².